The summed E-state index contributed by atoms with van der Waals surface area (Å²) in [6.07, 6.45) is -2.59. The Balaban J connectivity index is 1.65. The number of ether oxygens (including phenoxy) is 2. The van der Waals surface area contributed by atoms with E-state index in [2.05, 4.69) is 10.3 Å². The van der Waals surface area contributed by atoms with Gasteiger partial charge in [-0.05, 0) is 42.5 Å². The molecule has 9 heteroatoms. The second-order valence-corrected chi connectivity index (χ2v) is 7.80. The molecule has 0 saturated carbocycles. The molecule has 0 bridgehead atoms. The Bertz CT molecular complexity index is 1220. The highest BCUT2D eigenvalue weighted by Gasteiger charge is 2.30. The number of benzene rings is 3. The molecule has 0 unspecified atom stereocenters. The number of halogens is 3. The van der Waals surface area contributed by atoms with Crippen LogP contribution in [0.1, 0.15) is 5.56 Å². The summed E-state index contributed by atoms with van der Waals surface area (Å²) in [7, 11) is 3.11. The fourth-order valence-corrected chi connectivity index (χ4v) is 4.12. The van der Waals surface area contributed by atoms with Gasteiger partial charge in [-0.25, -0.2) is 4.68 Å². The molecule has 0 saturated heterocycles. The lowest BCUT2D eigenvalue weighted by atomic mass is 10.2. The van der Waals surface area contributed by atoms with Gasteiger partial charge in [0.2, 0.25) is 0 Å². The molecule has 4 aromatic rings. The highest BCUT2D eigenvalue weighted by atomic mass is 32.2. The molecule has 5 nitrogen and oxygen atoms in total. The van der Waals surface area contributed by atoms with E-state index in [0.717, 1.165) is 22.6 Å². The summed E-state index contributed by atoms with van der Waals surface area (Å²) in [6.45, 7) is 0. The lowest BCUT2D eigenvalue weighted by Crippen LogP contribution is -2.03. The Morgan fingerprint density at radius 1 is 0.875 bits per heavy atom. The van der Waals surface area contributed by atoms with Crippen molar-refractivity contribution < 1.29 is 22.6 Å². The zero-order valence-corrected chi connectivity index (χ0v) is 17.9. The number of para-hydroxylation sites is 1. The second-order valence-electron chi connectivity index (χ2n) is 6.68. The van der Waals surface area contributed by atoms with E-state index in [1.165, 1.54) is 23.9 Å². The number of methoxy groups -OCH3 is 2. The molecule has 0 aliphatic rings. The van der Waals surface area contributed by atoms with E-state index < -0.39 is 11.7 Å². The summed E-state index contributed by atoms with van der Waals surface area (Å²) < 4.78 is 50.9. The van der Waals surface area contributed by atoms with Gasteiger partial charge in [-0.2, -0.15) is 13.2 Å². The summed E-state index contributed by atoms with van der Waals surface area (Å²) >= 11 is 1.36. The monoisotopic (exact) mass is 457 g/mol. The standard InChI is InChI=1S/C23H18F3N3O2S/c1-30-20-8-5-7-19(22(20)31-2)29-14-18(27-28-29)17-6-3-4-9-21(17)32-16-12-10-15(11-13-16)23(24,25)26/h3-14H,1-2H3. The molecule has 0 aliphatic heterocycles. The molecule has 0 amide bonds. The van der Waals surface area contributed by atoms with Crippen LogP contribution in [0.15, 0.2) is 82.7 Å². The quantitative estimate of drug-likeness (QED) is 0.349. The first kappa shape index (κ1) is 21.8. The number of aromatic nitrogens is 3. The van der Waals surface area contributed by atoms with Crippen molar-refractivity contribution in [2.75, 3.05) is 14.2 Å². The topological polar surface area (TPSA) is 49.2 Å². The minimum absolute atomic E-state index is 0.527. The van der Waals surface area contributed by atoms with E-state index in [1.54, 1.807) is 31.2 Å². The second kappa shape index (κ2) is 8.96. The molecule has 0 atom stereocenters. The molecule has 0 radical (unpaired) electrons. The molecule has 4 rings (SSSR count). The van der Waals surface area contributed by atoms with Crippen molar-refractivity contribution >= 4 is 11.8 Å². The van der Waals surface area contributed by atoms with Gasteiger partial charge < -0.3 is 9.47 Å². The Morgan fingerprint density at radius 3 is 2.31 bits per heavy atom. The molecule has 164 valence electrons. The minimum atomic E-state index is -4.36. The van der Waals surface area contributed by atoms with E-state index in [-0.39, 0.29) is 0 Å². The summed E-state index contributed by atoms with van der Waals surface area (Å²) in [6, 6.07) is 18.1. The largest absolute Gasteiger partial charge is 0.493 e. The van der Waals surface area contributed by atoms with Gasteiger partial charge in [-0.1, -0.05) is 41.2 Å². The highest BCUT2D eigenvalue weighted by molar-refractivity contribution is 7.99. The number of nitrogens with zero attached hydrogens (tertiary/aromatic N) is 3. The molecule has 1 aromatic heterocycles. The maximum atomic E-state index is 12.8. The zero-order valence-electron chi connectivity index (χ0n) is 17.1. The van der Waals surface area contributed by atoms with E-state index >= 15 is 0 Å². The maximum absolute atomic E-state index is 12.8. The van der Waals surface area contributed by atoms with Crippen molar-refractivity contribution in [3.63, 3.8) is 0 Å². The lowest BCUT2D eigenvalue weighted by Gasteiger charge is -2.11. The van der Waals surface area contributed by atoms with Crippen molar-refractivity contribution in [1.29, 1.82) is 0 Å². The summed E-state index contributed by atoms with van der Waals surface area (Å²) in [5.74, 6) is 1.10. The van der Waals surface area contributed by atoms with Gasteiger partial charge >= 0.3 is 6.18 Å². The fourth-order valence-electron chi connectivity index (χ4n) is 3.16. The highest BCUT2D eigenvalue weighted by Crippen LogP contribution is 2.38. The van der Waals surface area contributed by atoms with Crippen LogP contribution in [-0.4, -0.2) is 29.2 Å². The van der Waals surface area contributed by atoms with Crippen LogP contribution in [0.3, 0.4) is 0 Å². The van der Waals surface area contributed by atoms with Crippen LogP contribution in [0.2, 0.25) is 0 Å². The Labute approximate surface area is 186 Å². The molecular formula is C23H18F3N3O2S. The third-order valence-electron chi connectivity index (χ3n) is 4.69. The van der Waals surface area contributed by atoms with Gasteiger partial charge in [-0.3, -0.25) is 0 Å². The van der Waals surface area contributed by atoms with E-state index in [4.69, 9.17) is 9.47 Å². The molecular weight excluding hydrogens is 439 g/mol. The zero-order chi connectivity index (χ0) is 22.7. The third kappa shape index (κ3) is 4.43. The van der Waals surface area contributed by atoms with E-state index in [9.17, 15) is 13.2 Å². The summed E-state index contributed by atoms with van der Waals surface area (Å²) in [5, 5.41) is 8.53. The van der Waals surface area contributed by atoms with Gasteiger partial charge in [0, 0.05) is 15.4 Å². The normalized spacial score (nSPS) is 11.4. The maximum Gasteiger partial charge on any atom is 0.416 e. The van der Waals surface area contributed by atoms with Crippen molar-refractivity contribution in [3.8, 4) is 28.4 Å². The van der Waals surface area contributed by atoms with Crippen LogP contribution in [0.25, 0.3) is 16.9 Å². The number of alkyl halides is 3. The molecule has 0 N–H and O–H groups in total. The minimum Gasteiger partial charge on any atom is -0.493 e. The number of hydrogen-bond donors (Lipinski definition) is 0. The van der Waals surface area contributed by atoms with Gasteiger partial charge in [0.15, 0.2) is 11.5 Å². The number of hydrogen-bond acceptors (Lipinski definition) is 5. The molecule has 3 aromatic carbocycles. The van der Waals surface area contributed by atoms with Gasteiger partial charge in [0.25, 0.3) is 0 Å². The predicted octanol–water partition coefficient (Wildman–Crippen LogP) is 6.12. The predicted molar refractivity (Wildman–Crippen MR) is 115 cm³/mol. The van der Waals surface area contributed by atoms with Crippen molar-refractivity contribution in [3.05, 3.63) is 78.5 Å². The van der Waals surface area contributed by atoms with Crippen molar-refractivity contribution in [1.82, 2.24) is 15.0 Å². The Morgan fingerprint density at radius 2 is 1.62 bits per heavy atom. The molecule has 1 heterocycles. The Hall–Kier alpha value is -3.46. The summed E-state index contributed by atoms with van der Waals surface area (Å²) in [5.41, 5.74) is 1.42. The average molecular weight is 457 g/mol. The Kier molecular flexibility index (Phi) is 6.09. The van der Waals surface area contributed by atoms with Crippen LogP contribution in [0, 0.1) is 0 Å². The smallest absolute Gasteiger partial charge is 0.416 e. The molecule has 0 aliphatic carbocycles. The first-order valence-electron chi connectivity index (χ1n) is 9.49. The first-order valence-corrected chi connectivity index (χ1v) is 10.3. The van der Waals surface area contributed by atoms with E-state index in [1.807, 2.05) is 36.4 Å². The van der Waals surface area contributed by atoms with Crippen molar-refractivity contribution in [2.45, 2.75) is 16.0 Å². The SMILES string of the molecule is COc1cccc(-n2cc(-c3ccccc3Sc3ccc(C(F)(F)F)cc3)nn2)c1OC. The average Bonchev–Trinajstić information content (AvgIpc) is 3.28. The fraction of sp³-hybridized carbons (Fsp3) is 0.130. The van der Waals surface area contributed by atoms with E-state index in [0.29, 0.717) is 27.8 Å². The van der Waals surface area contributed by atoms with Gasteiger partial charge in [0.05, 0.1) is 26.0 Å². The molecule has 0 fully saturated rings. The van der Waals surface area contributed by atoms with Crippen LogP contribution >= 0.6 is 11.8 Å². The van der Waals surface area contributed by atoms with Crippen LogP contribution < -0.4 is 9.47 Å². The molecule has 0 spiro atoms. The lowest BCUT2D eigenvalue weighted by molar-refractivity contribution is -0.137. The van der Waals surface area contributed by atoms with Crippen LogP contribution in [0.4, 0.5) is 13.2 Å². The van der Waals surface area contributed by atoms with Gasteiger partial charge in [0.1, 0.15) is 11.4 Å². The molecule has 32 heavy (non-hydrogen) atoms. The van der Waals surface area contributed by atoms with Gasteiger partial charge in [-0.15, -0.1) is 5.10 Å². The van der Waals surface area contributed by atoms with Crippen LogP contribution in [-0.2, 0) is 6.18 Å². The number of rotatable bonds is 6. The first-order chi connectivity index (χ1) is 15.4. The summed E-state index contributed by atoms with van der Waals surface area (Å²) in [4.78, 5) is 1.53. The third-order valence-corrected chi connectivity index (χ3v) is 5.78. The van der Waals surface area contributed by atoms with Crippen LogP contribution in [0.5, 0.6) is 11.5 Å². The van der Waals surface area contributed by atoms with Crippen molar-refractivity contribution in [2.24, 2.45) is 0 Å².